The molecule has 0 aromatic carbocycles. The Morgan fingerprint density at radius 2 is 2.24 bits per heavy atom. The smallest absolute Gasteiger partial charge is 0.330 e. The average molecular weight is 299 g/mol. The molecule has 8 heteroatoms. The second-order valence-corrected chi connectivity index (χ2v) is 4.94. The zero-order valence-electron chi connectivity index (χ0n) is 11.8. The molecule has 1 saturated heterocycles. The Hall–Kier alpha value is -1.48. The third-order valence-corrected chi connectivity index (χ3v) is 3.42. The van der Waals surface area contributed by atoms with E-state index in [0.29, 0.717) is 44.6 Å². The second-order valence-electron chi connectivity index (χ2n) is 4.94. The van der Waals surface area contributed by atoms with E-state index in [1.54, 1.807) is 0 Å². The Labute approximate surface area is 121 Å². The van der Waals surface area contributed by atoms with Crippen LogP contribution in [0.1, 0.15) is 24.6 Å². The number of aromatic amines is 1. The van der Waals surface area contributed by atoms with Crippen molar-refractivity contribution in [2.75, 3.05) is 26.4 Å². The summed E-state index contributed by atoms with van der Waals surface area (Å²) in [7, 11) is 0. The fourth-order valence-corrected chi connectivity index (χ4v) is 2.31. The fraction of sp³-hybridized carbons (Fsp3) is 0.692. The molecular weight excluding hydrogens is 278 g/mol. The lowest BCUT2D eigenvalue weighted by Gasteiger charge is -2.15. The van der Waals surface area contributed by atoms with Gasteiger partial charge in [0.15, 0.2) is 0 Å². The van der Waals surface area contributed by atoms with E-state index in [-0.39, 0.29) is 12.7 Å². The lowest BCUT2D eigenvalue weighted by molar-refractivity contribution is -0.0247. The molecule has 2 rings (SSSR count). The van der Waals surface area contributed by atoms with Gasteiger partial charge in [-0.15, -0.1) is 0 Å². The van der Waals surface area contributed by atoms with Gasteiger partial charge in [-0.2, -0.15) is 0 Å². The fourth-order valence-electron chi connectivity index (χ4n) is 2.31. The van der Waals surface area contributed by atoms with Crippen molar-refractivity contribution in [2.24, 2.45) is 5.73 Å². The minimum Gasteiger partial charge on any atom is -0.394 e. The maximum Gasteiger partial charge on any atom is 0.330 e. The summed E-state index contributed by atoms with van der Waals surface area (Å²) in [6.45, 7) is 1.15. The molecule has 118 valence electrons. The van der Waals surface area contributed by atoms with Crippen LogP contribution in [0, 0.1) is 0 Å². The zero-order valence-corrected chi connectivity index (χ0v) is 11.8. The van der Waals surface area contributed by atoms with Gasteiger partial charge in [0.25, 0.3) is 5.56 Å². The number of nitrogens with two attached hydrogens (primary N) is 1. The van der Waals surface area contributed by atoms with Gasteiger partial charge >= 0.3 is 5.69 Å². The summed E-state index contributed by atoms with van der Waals surface area (Å²) in [6, 6.07) is 0. The molecule has 0 saturated carbocycles. The van der Waals surface area contributed by atoms with Crippen LogP contribution < -0.4 is 17.0 Å². The molecule has 21 heavy (non-hydrogen) atoms. The molecule has 1 aliphatic heterocycles. The summed E-state index contributed by atoms with van der Waals surface area (Å²) >= 11 is 0. The molecule has 0 radical (unpaired) electrons. The highest BCUT2D eigenvalue weighted by Crippen LogP contribution is 2.26. The number of H-pyrrole nitrogens is 1. The van der Waals surface area contributed by atoms with E-state index < -0.39 is 17.5 Å². The van der Waals surface area contributed by atoms with Crippen LogP contribution in [0.3, 0.4) is 0 Å². The van der Waals surface area contributed by atoms with Gasteiger partial charge < -0.3 is 20.3 Å². The molecule has 2 atom stereocenters. The molecular formula is C13H21N3O5. The molecule has 4 N–H and O–H groups in total. The summed E-state index contributed by atoms with van der Waals surface area (Å²) in [5, 5.41) is 9.07. The standard InChI is InChI=1S/C13H21N3O5/c14-4-6-20-5-3-9-7-16(13(19)15-12(9)18)11-2-1-10(8-17)21-11/h7,10-11,17H,1-6,8,14H2,(H,15,18,19)/t10-,11+/m0/s1. The largest absolute Gasteiger partial charge is 0.394 e. The first-order valence-corrected chi connectivity index (χ1v) is 7.04. The van der Waals surface area contributed by atoms with Crippen molar-refractivity contribution < 1.29 is 14.6 Å². The summed E-state index contributed by atoms with van der Waals surface area (Å²) in [6.07, 6.45) is 2.51. The number of ether oxygens (including phenoxy) is 2. The number of aliphatic hydroxyl groups excluding tert-OH is 1. The first-order chi connectivity index (χ1) is 10.2. The van der Waals surface area contributed by atoms with Gasteiger partial charge in [-0.25, -0.2) is 4.79 Å². The van der Waals surface area contributed by atoms with Crippen LogP contribution in [-0.4, -0.2) is 47.1 Å². The number of nitrogens with one attached hydrogen (secondary N) is 1. The van der Waals surface area contributed by atoms with Gasteiger partial charge in [0.1, 0.15) is 6.23 Å². The van der Waals surface area contributed by atoms with E-state index in [2.05, 4.69) is 4.98 Å². The Balaban J connectivity index is 2.11. The van der Waals surface area contributed by atoms with Crippen LogP contribution in [0.25, 0.3) is 0 Å². The molecule has 0 bridgehead atoms. The predicted molar refractivity (Wildman–Crippen MR) is 75.1 cm³/mol. The van der Waals surface area contributed by atoms with E-state index in [0.717, 1.165) is 0 Å². The third kappa shape index (κ3) is 4.01. The van der Waals surface area contributed by atoms with Gasteiger partial charge in [-0.1, -0.05) is 0 Å². The second kappa shape index (κ2) is 7.51. The number of nitrogens with zero attached hydrogens (tertiary/aromatic N) is 1. The zero-order chi connectivity index (χ0) is 15.2. The number of rotatable bonds is 7. The van der Waals surface area contributed by atoms with Crippen molar-refractivity contribution in [2.45, 2.75) is 31.6 Å². The Morgan fingerprint density at radius 1 is 1.43 bits per heavy atom. The normalized spacial score (nSPS) is 21.8. The quantitative estimate of drug-likeness (QED) is 0.540. The van der Waals surface area contributed by atoms with Gasteiger partial charge in [0.2, 0.25) is 0 Å². The topological polar surface area (TPSA) is 120 Å². The number of aliphatic hydroxyl groups is 1. The minimum absolute atomic E-state index is 0.0750. The van der Waals surface area contributed by atoms with E-state index in [1.165, 1.54) is 10.8 Å². The van der Waals surface area contributed by atoms with Crippen molar-refractivity contribution >= 4 is 0 Å². The lowest BCUT2D eigenvalue weighted by atomic mass is 10.2. The van der Waals surface area contributed by atoms with Crippen LogP contribution in [0.15, 0.2) is 15.8 Å². The molecule has 0 aliphatic carbocycles. The number of hydrogen-bond donors (Lipinski definition) is 3. The molecule has 2 heterocycles. The molecule has 1 fully saturated rings. The van der Waals surface area contributed by atoms with Crippen molar-refractivity contribution in [1.82, 2.24) is 9.55 Å². The Bertz CT molecular complexity index is 568. The summed E-state index contributed by atoms with van der Waals surface area (Å²) in [5.41, 5.74) is 4.86. The van der Waals surface area contributed by atoms with Gasteiger partial charge in [-0.3, -0.25) is 14.3 Å². The first kappa shape index (κ1) is 15.9. The lowest BCUT2D eigenvalue weighted by Crippen LogP contribution is -2.34. The monoisotopic (exact) mass is 299 g/mol. The average Bonchev–Trinajstić information content (AvgIpc) is 2.94. The summed E-state index contributed by atoms with van der Waals surface area (Å²) in [4.78, 5) is 25.9. The Kier molecular flexibility index (Phi) is 5.68. The number of hydrogen-bond acceptors (Lipinski definition) is 6. The summed E-state index contributed by atoms with van der Waals surface area (Å²) in [5.74, 6) is 0. The molecule has 1 aliphatic rings. The first-order valence-electron chi connectivity index (χ1n) is 7.04. The van der Waals surface area contributed by atoms with E-state index in [4.69, 9.17) is 20.3 Å². The van der Waals surface area contributed by atoms with Crippen LogP contribution in [0.4, 0.5) is 0 Å². The highest BCUT2D eigenvalue weighted by atomic mass is 16.5. The SMILES string of the molecule is NCCOCCc1cn([C@H]2CC[C@@H](CO)O2)c(=O)[nH]c1=O. The highest BCUT2D eigenvalue weighted by molar-refractivity contribution is 5.05. The van der Waals surface area contributed by atoms with Crippen molar-refractivity contribution in [3.8, 4) is 0 Å². The van der Waals surface area contributed by atoms with Crippen LogP contribution in [-0.2, 0) is 15.9 Å². The van der Waals surface area contributed by atoms with Crippen LogP contribution in [0.2, 0.25) is 0 Å². The minimum atomic E-state index is -0.504. The van der Waals surface area contributed by atoms with Gasteiger partial charge in [0.05, 0.1) is 25.9 Å². The molecule has 8 nitrogen and oxygen atoms in total. The van der Waals surface area contributed by atoms with Crippen LogP contribution >= 0.6 is 0 Å². The third-order valence-electron chi connectivity index (χ3n) is 3.42. The Morgan fingerprint density at radius 3 is 2.90 bits per heavy atom. The molecule has 1 aromatic heterocycles. The molecule has 0 unspecified atom stereocenters. The van der Waals surface area contributed by atoms with Crippen molar-refractivity contribution in [3.63, 3.8) is 0 Å². The van der Waals surface area contributed by atoms with E-state index in [1.807, 2.05) is 0 Å². The highest BCUT2D eigenvalue weighted by Gasteiger charge is 2.27. The maximum absolute atomic E-state index is 11.9. The predicted octanol–water partition coefficient (Wildman–Crippen LogP) is -1.28. The molecule has 0 spiro atoms. The van der Waals surface area contributed by atoms with Crippen molar-refractivity contribution in [1.29, 1.82) is 0 Å². The van der Waals surface area contributed by atoms with Crippen molar-refractivity contribution in [3.05, 3.63) is 32.6 Å². The van der Waals surface area contributed by atoms with Gasteiger partial charge in [-0.05, 0) is 12.8 Å². The van der Waals surface area contributed by atoms with Gasteiger partial charge in [0, 0.05) is 24.7 Å². The maximum atomic E-state index is 11.9. The van der Waals surface area contributed by atoms with E-state index >= 15 is 0 Å². The molecule has 0 amide bonds. The van der Waals surface area contributed by atoms with Crippen LogP contribution in [0.5, 0.6) is 0 Å². The van der Waals surface area contributed by atoms with E-state index in [9.17, 15) is 9.59 Å². The number of aromatic nitrogens is 2. The molecule has 1 aromatic rings. The summed E-state index contributed by atoms with van der Waals surface area (Å²) < 4.78 is 12.2.